The molecule has 130 valence electrons. The number of alkyl halides is 3. The van der Waals surface area contributed by atoms with E-state index in [-0.39, 0.29) is 11.4 Å². The van der Waals surface area contributed by atoms with Gasteiger partial charge >= 0.3 is 6.18 Å². The van der Waals surface area contributed by atoms with E-state index in [0.717, 1.165) is 0 Å². The molecule has 0 aliphatic rings. The lowest BCUT2D eigenvalue weighted by Gasteiger charge is -2.13. The molecule has 0 saturated heterocycles. The van der Waals surface area contributed by atoms with E-state index in [1.165, 1.54) is 29.9 Å². The van der Waals surface area contributed by atoms with Gasteiger partial charge in [-0.25, -0.2) is 0 Å². The van der Waals surface area contributed by atoms with Crippen molar-refractivity contribution in [3.8, 4) is 0 Å². The van der Waals surface area contributed by atoms with E-state index >= 15 is 0 Å². The van der Waals surface area contributed by atoms with Gasteiger partial charge in [0, 0.05) is 26.7 Å². The van der Waals surface area contributed by atoms with Crippen LogP contribution in [0.2, 0.25) is 0 Å². The number of carbonyl (C=O) groups is 2. The first-order valence-corrected chi connectivity index (χ1v) is 6.86. The zero-order valence-electron chi connectivity index (χ0n) is 13.1. The Kier molecular flexibility index (Phi) is 4.62. The second kappa shape index (κ2) is 6.34. The number of hydrogen-bond acceptors (Lipinski definition) is 4. The fourth-order valence-corrected chi connectivity index (χ4v) is 1.92. The number of carbonyl (C=O) groups excluding carboxylic acids is 2. The second-order valence-corrected chi connectivity index (χ2v) is 5.04. The van der Waals surface area contributed by atoms with Gasteiger partial charge in [0.05, 0.1) is 11.9 Å². The average molecular weight is 344 g/mol. The number of nitrogens with zero attached hydrogens (tertiary/aromatic N) is 4. The van der Waals surface area contributed by atoms with Crippen molar-refractivity contribution < 1.29 is 22.8 Å². The number of hydrogen-bond donors (Lipinski definition) is 2. The third-order valence-electron chi connectivity index (χ3n) is 3.11. The Labute approximate surface area is 134 Å². The molecule has 0 spiro atoms. The number of H-pyrrole nitrogens is 1. The van der Waals surface area contributed by atoms with Crippen molar-refractivity contribution in [1.82, 2.24) is 24.9 Å². The third-order valence-corrected chi connectivity index (χ3v) is 3.11. The summed E-state index contributed by atoms with van der Waals surface area (Å²) in [6.45, 7) is 2.14. The summed E-state index contributed by atoms with van der Waals surface area (Å²) >= 11 is 0. The van der Waals surface area contributed by atoms with E-state index in [2.05, 4.69) is 15.5 Å². The fourth-order valence-electron chi connectivity index (χ4n) is 1.92. The van der Waals surface area contributed by atoms with Gasteiger partial charge in [0.15, 0.2) is 5.69 Å². The van der Waals surface area contributed by atoms with E-state index in [1.807, 2.05) is 0 Å². The number of aryl methyl sites for hydroxylation is 1. The highest BCUT2D eigenvalue weighted by Gasteiger charge is 2.34. The molecule has 2 heterocycles. The van der Waals surface area contributed by atoms with Crippen LogP contribution in [0.15, 0.2) is 12.3 Å². The molecule has 2 amide bonds. The van der Waals surface area contributed by atoms with Crippen molar-refractivity contribution >= 4 is 17.5 Å². The lowest BCUT2D eigenvalue weighted by atomic mass is 10.3. The van der Waals surface area contributed by atoms with Crippen molar-refractivity contribution in [3.05, 3.63) is 29.3 Å². The maximum Gasteiger partial charge on any atom is 0.432 e. The molecule has 11 heteroatoms. The predicted molar refractivity (Wildman–Crippen MR) is 77.5 cm³/mol. The van der Waals surface area contributed by atoms with E-state index in [0.29, 0.717) is 12.6 Å². The lowest BCUT2D eigenvalue weighted by Crippen LogP contribution is -2.26. The van der Waals surface area contributed by atoms with Gasteiger partial charge in [-0.15, -0.1) is 0 Å². The van der Waals surface area contributed by atoms with Gasteiger partial charge in [-0.1, -0.05) is 0 Å². The van der Waals surface area contributed by atoms with Crippen LogP contribution in [-0.4, -0.2) is 50.8 Å². The SMILES string of the molecule is CCn1ncc(NC(=O)c2cc(C(F)(F)F)[nH]n2)c1C(=O)N(C)C. The van der Waals surface area contributed by atoms with Gasteiger partial charge in [-0.3, -0.25) is 19.4 Å². The van der Waals surface area contributed by atoms with Crippen LogP contribution in [0.1, 0.15) is 33.6 Å². The Morgan fingerprint density at radius 3 is 2.54 bits per heavy atom. The lowest BCUT2D eigenvalue weighted by molar-refractivity contribution is -0.141. The molecule has 0 fully saturated rings. The van der Waals surface area contributed by atoms with E-state index < -0.39 is 29.4 Å². The van der Waals surface area contributed by atoms with Gasteiger partial charge in [0.2, 0.25) is 0 Å². The van der Waals surface area contributed by atoms with Crippen LogP contribution in [0.3, 0.4) is 0 Å². The molecule has 2 N–H and O–H groups in total. The molecule has 0 radical (unpaired) electrons. The number of aromatic amines is 1. The topological polar surface area (TPSA) is 95.9 Å². The van der Waals surface area contributed by atoms with Gasteiger partial charge in [0.1, 0.15) is 11.4 Å². The summed E-state index contributed by atoms with van der Waals surface area (Å²) in [6, 6.07) is 0.590. The quantitative estimate of drug-likeness (QED) is 0.880. The molecule has 2 rings (SSSR count). The van der Waals surface area contributed by atoms with Crippen LogP contribution in [0.4, 0.5) is 18.9 Å². The van der Waals surface area contributed by atoms with Gasteiger partial charge in [-0.2, -0.15) is 23.4 Å². The van der Waals surface area contributed by atoms with Crippen LogP contribution in [0.25, 0.3) is 0 Å². The molecule has 0 bridgehead atoms. The Hall–Kier alpha value is -2.85. The summed E-state index contributed by atoms with van der Waals surface area (Å²) in [6.07, 6.45) is -3.37. The highest BCUT2D eigenvalue weighted by molar-refractivity contribution is 6.07. The summed E-state index contributed by atoms with van der Waals surface area (Å²) in [5.41, 5.74) is -1.36. The van der Waals surface area contributed by atoms with Crippen molar-refractivity contribution in [2.75, 3.05) is 19.4 Å². The first kappa shape index (κ1) is 17.5. The number of aromatic nitrogens is 4. The largest absolute Gasteiger partial charge is 0.432 e. The summed E-state index contributed by atoms with van der Waals surface area (Å²) in [7, 11) is 3.06. The molecule has 0 saturated carbocycles. The van der Waals surface area contributed by atoms with Gasteiger partial charge in [-0.05, 0) is 6.92 Å². The van der Waals surface area contributed by atoms with E-state index in [4.69, 9.17) is 0 Å². The smallest absolute Gasteiger partial charge is 0.343 e. The van der Waals surface area contributed by atoms with Crippen molar-refractivity contribution in [2.45, 2.75) is 19.6 Å². The van der Waals surface area contributed by atoms with Crippen LogP contribution in [0.5, 0.6) is 0 Å². The zero-order chi connectivity index (χ0) is 18.1. The molecular weight excluding hydrogens is 329 g/mol. The number of halogens is 3. The second-order valence-electron chi connectivity index (χ2n) is 5.04. The van der Waals surface area contributed by atoms with E-state index in [9.17, 15) is 22.8 Å². The molecule has 2 aromatic heterocycles. The first-order chi connectivity index (χ1) is 11.1. The zero-order valence-corrected chi connectivity index (χ0v) is 13.1. The van der Waals surface area contributed by atoms with Crippen molar-refractivity contribution in [3.63, 3.8) is 0 Å². The van der Waals surface area contributed by atoms with Gasteiger partial charge in [0.25, 0.3) is 11.8 Å². The molecule has 2 aromatic rings. The van der Waals surface area contributed by atoms with E-state index in [1.54, 1.807) is 12.0 Å². The third kappa shape index (κ3) is 3.39. The number of rotatable bonds is 4. The normalized spacial score (nSPS) is 11.4. The van der Waals surface area contributed by atoms with Crippen molar-refractivity contribution in [2.24, 2.45) is 0 Å². The fraction of sp³-hybridized carbons (Fsp3) is 0.385. The van der Waals surface area contributed by atoms with Crippen molar-refractivity contribution in [1.29, 1.82) is 0 Å². The maximum absolute atomic E-state index is 12.5. The monoisotopic (exact) mass is 344 g/mol. The molecule has 0 aliphatic carbocycles. The molecule has 0 unspecified atom stereocenters. The first-order valence-electron chi connectivity index (χ1n) is 6.86. The predicted octanol–water partition coefficient (Wildman–Crippen LogP) is 1.60. The summed E-state index contributed by atoms with van der Waals surface area (Å²) in [4.78, 5) is 25.6. The molecule has 0 atom stereocenters. The average Bonchev–Trinajstić information content (AvgIpc) is 3.12. The highest BCUT2D eigenvalue weighted by atomic mass is 19.4. The van der Waals surface area contributed by atoms with Crippen LogP contribution >= 0.6 is 0 Å². The molecule has 8 nitrogen and oxygen atoms in total. The standard InChI is InChI=1S/C13H15F3N6O2/c1-4-22-10(12(24)21(2)3)8(6-17-22)18-11(23)7-5-9(20-19-7)13(14,15)16/h5-6H,4H2,1-3H3,(H,18,23)(H,19,20). The molecule has 0 aliphatic heterocycles. The minimum atomic E-state index is -4.63. The molecule has 0 aromatic carbocycles. The number of anilines is 1. The minimum Gasteiger partial charge on any atom is -0.343 e. The summed E-state index contributed by atoms with van der Waals surface area (Å²) < 4.78 is 39.0. The Bertz CT molecular complexity index is 762. The molecule has 24 heavy (non-hydrogen) atoms. The highest BCUT2D eigenvalue weighted by Crippen LogP contribution is 2.28. The summed E-state index contributed by atoms with van der Waals surface area (Å²) in [5.74, 6) is -1.28. The minimum absolute atomic E-state index is 0.0945. The number of amides is 2. The Balaban J connectivity index is 2.28. The van der Waals surface area contributed by atoms with Crippen LogP contribution in [0, 0.1) is 0 Å². The molecular formula is C13H15F3N6O2. The Morgan fingerprint density at radius 2 is 2.04 bits per heavy atom. The van der Waals surface area contributed by atoms with Gasteiger partial charge < -0.3 is 10.2 Å². The maximum atomic E-state index is 12.5. The number of nitrogens with one attached hydrogen (secondary N) is 2. The summed E-state index contributed by atoms with van der Waals surface area (Å²) in [5, 5.41) is 11.4. The Morgan fingerprint density at radius 1 is 1.38 bits per heavy atom. The van der Waals surface area contributed by atoms with Crippen LogP contribution < -0.4 is 5.32 Å². The van der Waals surface area contributed by atoms with Crippen LogP contribution in [-0.2, 0) is 12.7 Å².